The van der Waals surface area contributed by atoms with E-state index >= 15 is 0 Å². The molecule has 0 unspecified atom stereocenters. The lowest BCUT2D eigenvalue weighted by Gasteiger charge is -2.52. The first-order valence-corrected chi connectivity index (χ1v) is 10.6. The highest BCUT2D eigenvalue weighted by atomic mass is 16.5. The lowest BCUT2D eigenvalue weighted by Crippen LogP contribution is -2.64. The Morgan fingerprint density at radius 3 is 2.81 bits per heavy atom. The third-order valence-electron chi connectivity index (χ3n) is 6.24. The molecule has 3 atom stereocenters. The molecule has 0 saturated carbocycles. The Hall–Kier alpha value is -3.75. The topological polar surface area (TPSA) is 124 Å². The highest BCUT2D eigenvalue weighted by Gasteiger charge is 2.55. The van der Waals surface area contributed by atoms with Crippen LogP contribution in [0.5, 0.6) is 5.75 Å². The zero-order valence-corrected chi connectivity index (χ0v) is 17.6. The number of hydrogen-bond donors (Lipinski definition) is 1. The van der Waals surface area contributed by atoms with Gasteiger partial charge in [-0.1, -0.05) is 23.4 Å². The van der Waals surface area contributed by atoms with Crippen molar-refractivity contribution in [2.24, 2.45) is 11.7 Å². The largest absolute Gasteiger partial charge is 0.468 e. The summed E-state index contributed by atoms with van der Waals surface area (Å²) in [4.78, 5) is 35.6. The number of benzene rings is 1. The predicted octanol–water partition coefficient (Wildman–Crippen LogP) is 2.29. The zero-order chi connectivity index (χ0) is 22.3. The van der Waals surface area contributed by atoms with Crippen LogP contribution < -0.4 is 10.5 Å². The number of carbonyl (C=O) groups is 2. The van der Waals surface area contributed by atoms with Crippen molar-refractivity contribution in [1.82, 2.24) is 20.0 Å². The van der Waals surface area contributed by atoms with Gasteiger partial charge in [0.15, 0.2) is 5.72 Å². The summed E-state index contributed by atoms with van der Waals surface area (Å²) in [6.07, 6.45) is 4.90. The number of para-hydroxylation sites is 1. The molecule has 0 radical (unpaired) electrons. The summed E-state index contributed by atoms with van der Waals surface area (Å²) in [5.41, 5.74) is 6.50. The summed E-state index contributed by atoms with van der Waals surface area (Å²) >= 11 is 0. The molecular formula is C23H23N5O4. The van der Waals surface area contributed by atoms with E-state index in [1.165, 1.54) is 0 Å². The SMILES string of the molecule is C[C@@]12C[C@@H](c3ccccc3O1)[C@@H](C(N)=O)C(=O)N2CCCc1nc(-c2ccncc2)no1. The number of aryl methyl sites for hydroxylation is 1. The van der Waals surface area contributed by atoms with Crippen molar-refractivity contribution < 1.29 is 18.8 Å². The summed E-state index contributed by atoms with van der Waals surface area (Å²) in [7, 11) is 0. The molecule has 32 heavy (non-hydrogen) atoms. The minimum Gasteiger partial charge on any atom is -0.468 e. The number of primary amides is 1. The van der Waals surface area contributed by atoms with Crippen LogP contribution in [-0.2, 0) is 16.0 Å². The van der Waals surface area contributed by atoms with Crippen LogP contribution >= 0.6 is 0 Å². The molecule has 1 saturated heterocycles. The van der Waals surface area contributed by atoms with E-state index in [4.69, 9.17) is 15.0 Å². The van der Waals surface area contributed by atoms with Gasteiger partial charge in [-0.2, -0.15) is 4.98 Å². The Labute approximate surface area is 184 Å². The Bertz CT molecular complexity index is 1160. The number of piperidine rings is 1. The molecule has 0 aliphatic carbocycles. The van der Waals surface area contributed by atoms with Gasteiger partial charge in [0, 0.05) is 43.3 Å². The number of carbonyl (C=O) groups excluding carboxylic acids is 2. The molecular weight excluding hydrogens is 410 g/mol. The number of hydrogen-bond acceptors (Lipinski definition) is 7. The first-order chi connectivity index (χ1) is 15.5. The highest BCUT2D eigenvalue weighted by molar-refractivity contribution is 6.01. The van der Waals surface area contributed by atoms with E-state index in [1.54, 1.807) is 29.4 Å². The van der Waals surface area contributed by atoms with Crippen molar-refractivity contribution in [2.75, 3.05) is 6.54 Å². The molecule has 0 spiro atoms. The minimum absolute atomic E-state index is 0.287. The molecule has 164 valence electrons. The first-order valence-electron chi connectivity index (χ1n) is 10.6. The lowest BCUT2D eigenvalue weighted by molar-refractivity contribution is -0.175. The van der Waals surface area contributed by atoms with Crippen LogP contribution in [0.25, 0.3) is 11.4 Å². The van der Waals surface area contributed by atoms with Gasteiger partial charge in [-0.05, 0) is 37.1 Å². The van der Waals surface area contributed by atoms with Gasteiger partial charge in [0.1, 0.15) is 11.7 Å². The standard InChI is InChI=1S/C23H23N5O4/c1-23-13-16(15-5-2-3-6-17(15)31-23)19(20(24)29)22(30)28(23)12-4-7-18-26-21(27-32-18)14-8-10-25-11-9-14/h2-3,5-6,8-11,16,19H,4,7,12-13H2,1H3,(H2,24,29)/t16-,19-,23-/m0/s1. The normalized spacial score (nSPS) is 24.0. The van der Waals surface area contributed by atoms with Crippen LogP contribution in [0.2, 0.25) is 0 Å². The maximum Gasteiger partial charge on any atom is 0.238 e. The van der Waals surface area contributed by atoms with Crippen LogP contribution in [-0.4, -0.2) is 44.1 Å². The molecule has 2 amide bonds. The third kappa shape index (κ3) is 3.39. The van der Waals surface area contributed by atoms with Gasteiger partial charge in [-0.15, -0.1) is 0 Å². The quantitative estimate of drug-likeness (QED) is 0.591. The molecule has 3 aromatic rings. The van der Waals surface area contributed by atoms with Crippen molar-refractivity contribution in [3.05, 3.63) is 60.2 Å². The second-order valence-corrected chi connectivity index (χ2v) is 8.35. The molecule has 2 bridgehead atoms. The molecule has 4 heterocycles. The maximum absolute atomic E-state index is 13.3. The zero-order valence-electron chi connectivity index (χ0n) is 17.6. The Morgan fingerprint density at radius 2 is 2.03 bits per heavy atom. The van der Waals surface area contributed by atoms with E-state index in [1.807, 2.05) is 31.2 Å². The fraction of sp³-hybridized carbons (Fsp3) is 0.348. The lowest BCUT2D eigenvalue weighted by atomic mass is 9.73. The third-order valence-corrected chi connectivity index (χ3v) is 6.24. The van der Waals surface area contributed by atoms with Crippen LogP contribution in [0.1, 0.15) is 37.1 Å². The number of nitrogens with two attached hydrogens (primary N) is 1. The van der Waals surface area contributed by atoms with Gasteiger partial charge in [0.25, 0.3) is 0 Å². The molecule has 9 nitrogen and oxygen atoms in total. The van der Waals surface area contributed by atoms with Gasteiger partial charge in [-0.3, -0.25) is 14.6 Å². The monoisotopic (exact) mass is 433 g/mol. The van der Waals surface area contributed by atoms with Crippen molar-refractivity contribution in [3.63, 3.8) is 0 Å². The number of ether oxygens (including phenoxy) is 1. The summed E-state index contributed by atoms with van der Waals surface area (Å²) in [6, 6.07) is 11.1. The fourth-order valence-corrected chi connectivity index (χ4v) is 4.74. The van der Waals surface area contributed by atoms with E-state index in [2.05, 4.69) is 15.1 Å². The van der Waals surface area contributed by atoms with Crippen LogP contribution in [0.4, 0.5) is 0 Å². The summed E-state index contributed by atoms with van der Waals surface area (Å²) < 4.78 is 11.6. The molecule has 2 aliphatic heterocycles. The molecule has 9 heteroatoms. The predicted molar refractivity (Wildman–Crippen MR) is 113 cm³/mol. The molecule has 5 rings (SSSR count). The molecule has 1 aromatic carbocycles. The number of nitrogens with zero attached hydrogens (tertiary/aromatic N) is 4. The first kappa shape index (κ1) is 20.2. The number of likely N-dealkylation sites (tertiary alicyclic amines) is 1. The van der Waals surface area contributed by atoms with E-state index in [9.17, 15) is 9.59 Å². The van der Waals surface area contributed by atoms with E-state index in [-0.39, 0.29) is 11.8 Å². The number of amides is 2. The van der Waals surface area contributed by atoms with Crippen LogP contribution in [0.3, 0.4) is 0 Å². The Kier molecular flexibility index (Phi) is 4.88. The van der Waals surface area contributed by atoms with Crippen molar-refractivity contribution in [3.8, 4) is 17.1 Å². The van der Waals surface area contributed by atoms with Crippen molar-refractivity contribution >= 4 is 11.8 Å². The number of fused-ring (bicyclic) bond motifs is 4. The number of pyridine rings is 1. The fourth-order valence-electron chi connectivity index (χ4n) is 4.74. The number of aromatic nitrogens is 3. The van der Waals surface area contributed by atoms with Crippen molar-refractivity contribution in [1.29, 1.82) is 0 Å². The number of rotatable bonds is 6. The van der Waals surface area contributed by atoms with Gasteiger partial charge in [-0.25, -0.2) is 0 Å². The average molecular weight is 433 g/mol. The summed E-state index contributed by atoms with van der Waals surface area (Å²) in [5, 5.41) is 4.01. The van der Waals surface area contributed by atoms with E-state index in [0.29, 0.717) is 43.3 Å². The Morgan fingerprint density at radius 1 is 1.25 bits per heavy atom. The highest BCUT2D eigenvalue weighted by Crippen LogP contribution is 2.50. The van der Waals surface area contributed by atoms with Gasteiger partial charge >= 0.3 is 0 Å². The Balaban J connectivity index is 1.33. The molecule has 2 aromatic heterocycles. The maximum atomic E-state index is 13.3. The molecule has 1 fully saturated rings. The van der Waals surface area contributed by atoms with E-state index in [0.717, 1.165) is 11.1 Å². The smallest absolute Gasteiger partial charge is 0.238 e. The van der Waals surface area contributed by atoms with Gasteiger partial charge in [0.05, 0.1) is 0 Å². The summed E-state index contributed by atoms with van der Waals surface area (Å²) in [5.74, 6) is -0.442. The van der Waals surface area contributed by atoms with Crippen LogP contribution in [0, 0.1) is 5.92 Å². The molecule has 2 N–H and O–H groups in total. The minimum atomic E-state index is -0.908. The van der Waals surface area contributed by atoms with Gasteiger partial charge < -0.3 is 19.9 Å². The second-order valence-electron chi connectivity index (χ2n) is 8.35. The van der Waals surface area contributed by atoms with E-state index < -0.39 is 17.6 Å². The summed E-state index contributed by atoms with van der Waals surface area (Å²) in [6.45, 7) is 2.26. The second kappa shape index (κ2) is 7.74. The average Bonchev–Trinajstić information content (AvgIpc) is 3.25. The van der Waals surface area contributed by atoms with Crippen LogP contribution in [0.15, 0.2) is 53.3 Å². The van der Waals surface area contributed by atoms with Crippen molar-refractivity contribution in [2.45, 2.75) is 37.8 Å². The van der Waals surface area contributed by atoms with Gasteiger partial charge in [0.2, 0.25) is 23.5 Å². The molecule has 2 aliphatic rings.